The highest BCUT2D eigenvalue weighted by Gasteiger charge is 2.19. The zero-order chi connectivity index (χ0) is 17.1. The van der Waals surface area contributed by atoms with Crippen LogP contribution in [0.5, 0.6) is 11.5 Å². The van der Waals surface area contributed by atoms with Crippen molar-refractivity contribution in [3.8, 4) is 11.5 Å². The molecule has 0 bridgehead atoms. The first-order chi connectivity index (χ1) is 11.6. The lowest BCUT2D eigenvalue weighted by Gasteiger charge is -2.16. The number of hydrogen-bond acceptors (Lipinski definition) is 4. The number of ether oxygens (including phenoxy) is 1. The largest absolute Gasteiger partial charge is 0.477 e. The summed E-state index contributed by atoms with van der Waals surface area (Å²) in [5, 5.41) is 9.30. The molecular formula is C18H15NO5. The molecule has 122 valence electrons. The van der Waals surface area contributed by atoms with Gasteiger partial charge in [-0.2, -0.15) is 0 Å². The van der Waals surface area contributed by atoms with E-state index in [1.807, 2.05) is 13.0 Å². The first-order valence-corrected chi connectivity index (χ1v) is 7.31. The molecule has 0 saturated carbocycles. The molecule has 3 rings (SSSR count). The molecule has 1 aromatic carbocycles. The Balaban J connectivity index is 2.07. The lowest BCUT2D eigenvalue weighted by atomic mass is 10.2. The van der Waals surface area contributed by atoms with E-state index in [4.69, 9.17) is 9.15 Å². The zero-order valence-corrected chi connectivity index (χ0v) is 12.9. The van der Waals surface area contributed by atoms with Crippen LogP contribution >= 0.6 is 0 Å². The van der Waals surface area contributed by atoms with Crippen LogP contribution in [-0.2, 0) is 0 Å². The number of hydrogen-bond donors (Lipinski definition) is 1. The average Bonchev–Trinajstić information content (AvgIpc) is 3.11. The predicted molar refractivity (Wildman–Crippen MR) is 86.7 cm³/mol. The average molecular weight is 325 g/mol. The van der Waals surface area contributed by atoms with Crippen molar-refractivity contribution in [1.29, 1.82) is 0 Å². The van der Waals surface area contributed by atoms with Crippen LogP contribution < -0.4 is 10.2 Å². The predicted octanol–water partition coefficient (Wildman–Crippen LogP) is 3.54. The van der Waals surface area contributed by atoms with Gasteiger partial charge in [-0.25, -0.2) is 4.79 Å². The van der Waals surface area contributed by atoms with E-state index in [9.17, 15) is 14.7 Å². The summed E-state index contributed by atoms with van der Waals surface area (Å²) in [5.74, 6) is -0.270. The molecule has 0 saturated heterocycles. The Hall–Kier alpha value is -3.28. The fraction of sp³-hybridized carbons (Fsp3) is 0.111. The van der Waals surface area contributed by atoms with Crippen molar-refractivity contribution >= 4 is 5.97 Å². The Morgan fingerprint density at radius 2 is 1.92 bits per heavy atom. The van der Waals surface area contributed by atoms with E-state index >= 15 is 0 Å². The minimum absolute atomic E-state index is 0.0560. The summed E-state index contributed by atoms with van der Waals surface area (Å²) in [6.07, 6.45) is 4.30. The third-order valence-corrected chi connectivity index (χ3v) is 3.62. The van der Waals surface area contributed by atoms with E-state index in [1.54, 1.807) is 41.0 Å². The standard InChI is InChI=1S/C18H15NO5/c1-12(15-8-5-9-23-15)19-10-14(18(21)22)17(20)16(11-19)24-13-6-3-2-4-7-13/h2-12H,1H3,(H,21,22). The van der Waals surface area contributed by atoms with E-state index in [0.717, 1.165) is 0 Å². The molecule has 0 radical (unpaired) electrons. The molecule has 0 amide bonds. The van der Waals surface area contributed by atoms with Gasteiger partial charge in [0.25, 0.3) is 0 Å². The number of aromatic carboxylic acids is 1. The number of carbonyl (C=O) groups is 1. The second kappa shape index (κ2) is 6.45. The molecule has 0 aliphatic heterocycles. The van der Waals surface area contributed by atoms with Crippen LogP contribution in [-0.4, -0.2) is 15.6 Å². The maximum absolute atomic E-state index is 12.3. The van der Waals surface area contributed by atoms with Gasteiger partial charge in [0.2, 0.25) is 5.43 Å². The van der Waals surface area contributed by atoms with Gasteiger partial charge in [0.1, 0.15) is 17.1 Å². The maximum atomic E-state index is 12.3. The second-order valence-corrected chi connectivity index (χ2v) is 5.22. The van der Waals surface area contributed by atoms with Crippen molar-refractivity contribution in [2.24, 2.45) is 0 Å². The summed E-state index contributed by atoms with van der Waals surface area (Å²) in [5.41, 5.74) is -1.03. The summed E-state index contributed by atoms with van der Waals surface area (Å²) < 4.78 is 12.5. The number of pyridine rings is 1. The Morgan fingerprint density at radius 3 is 2.54 bits per heavy atom. The number of carboxylic acids is 1. The van der Waals surface area contributed by atoms with Crippen LogP contribution in [0, 0.1) is 0 Å². The van der Waals surface area contributed by atoms with Crippen molar-refractivity contribution in [2.75, 3.05) is 0 Å². The molecule has 2 heterocycles. The van der Waals surface area contributed by atoms with Gasteiger partial charge >= 0.3 is 5.97 Å². The molecule has 0 fully saturated rings. The van der Waals surface area contributed by atoms with Crippen molar-refractivity contribution in [1.82, 2.24) is 4.57 Å². The number of nitrogens with zero attached hydrogens (tertiary/aromatic N) is 1. The van der Waals surface area contributed by atoms with Gasteiger partial charge in [-0.15, -0.1) is 0 Å². The van der Waals surface area contributed by atoms with Gasteiger partial charge in [0.15, 0.2) is 5.75 Å². The van der Waals surface area contributed by atoms with Crippen LogP contribution in [0.1, 0.15) is 29.1 Å². The SMILES string of the molecule is CC(c1ccco1)n1cc(Oc2ccccc2)c(=O)c(C(=O)O)c1. The molecule has 0 aliphatic rings. The molecule has 0 spiro atoms. The molecule has 0 aliphatic carbocycles. The number of para-hydroxylation sites is 1. The Labute approximate surface area is 137 Å². The molecule has 6 heteroatoms. The van der Waals surface area contributed by atoms with E-state index in [-0.39, 0.29) is 17.4 Å². The minimum Gasteiger partial charge on any atom is -0.477 e. The quantitative estimate of drug-likeness (QED) is 0.776. The van der Waals surface area contributed by atoms with E-state index in [2.05, 4.69) is 0 Å². The van der Waals surface area contributed by atoms with Crippen LogP contribution in [0.3, 0.4) is 0 Å². The summed E-state index contributed by atoms with van der Waals surface area (Å²) in [6, 6.07) is 11.9. The van der Waals surface area contributed by atoms with Crippen LogP contribution in [0.25, 0.3) is 0 Å². The maximum Gasteiger partial charge on any atom is 0.341 e. The molecule has 3 aromatic rings. The fourth-order valence-electron chi connectivity index (χ4n) is 2.31. The van der Waals surface area contributed by atoms with Crippen LogP contribution in [0.2, 0.25) is 0 Å². The van der Waals surface area contributed by atoms with Gasteiger partial charge in [-0.05, 0) is 31.2 Å². The first-order valence-electron chi connectivity index (χ1n) is 7.31. The first kappa shape index (κ1) is 15.6. The summed E-state index contributed by atoms with van der Waals surface area (Å²) in [6.45, 7) is 1.83. The lowest BCUT2D eigenvalue weighted by molar-refractivity contribution is 0.0693. The molecule has 24 heavy (non-hydrogen) atoms. The summed E-state index contributed by atoms with van der Waals surface area (Å²) >= 11 is 0. The highest BCUT2D eigenvalue weighted by Crippen LogP contribution is 2.23. The molecule has 2 aromatic heterocycles. The Kier molecular flexibility index (Phi) is 4.20. The molecular weight excluding hydrogens is 310 g/mol. The van der Waals surface area contributed by atoms with Crippen LogP contribution in [0.15, 0.2) is 70.3 Å². The van der Waals surface area contributed by atoms with Crippen LogP contribution in [0.4, 0.5) is 0 Å². The molecule has 6 nitrogen and oxygen atoms in total. The zero-order valence-electron chi connectivity index (χ0n) is 12.9. The van der Waals surface area contributed by atoms with Gasteiger partial charge in [-0.3, -0.25) is 4.79 Å². The van der Waals surface area contributed by atoms with Crippen molar-refractivity contribution in [3.05, 3.63) is 82.7 Å². The third kappa shape index (κ3) is 3.08. The van der Waals surface area contributed by atoms with E-state index in [1.165, 1.54) is 18.7 Å². The fourth-order valence-corrected chi connectivity index (χ4v) is 2.31. The number of furan rings is 1. The topological polar surface area (TPSA) is 81.7 Å². The Morgan fingerprint density at radius 1 is 1.17 bits per heavy atom. The molecule has 1 atom stereocenters. The van der Waals surface area contributed by atoms with Gasteiger partial charge < -0.3 is 18.8 Å². The minimum atomic E-state index is -1.31. The van der Waals surface area contributed by atoms with Gasteiger partial charge in [0.05, 0.1) is 18.5 Å². The highest BCUT2D eigenvalue weighted by molar-refractivity contribution is 5.87. The van der Waals surface area contributed by atoms with Gasteiger partial charge in [0, 0.05) is 6.20 Å². The molecule has 1 N–H and O–H groups in total. The third-order valence-electron chi connectivity index (χ3n) is 3.62. The van der Waals surface area contributed by atoms with Crippen molar-refractivity contribution in [3.63, 3.8) is 0 Å². The number of carboxylic acid groups (broad SMARTS) is 1. The number of aromatic nitrogens is 1. The van der Waals surface area contributed by atoms with Crippen molar-refractivity contribution < 1.29 is 19.1 Å². The number of benzene rings is 1. The number of rotatable bonds is 5. The normalized spacial score (nSPS) is 11.9. The summed E-state index contributed by atoms with van der Waals surface area (Å²) in [7, 11) is 0. The van der Waals surface area contributed by atoms with E-state index in [0.29, 0.717) is 11.5 Å². The second-order valence-electron chi connectivity index (χ2n) is 5.22. The van der Waals surface area contributed by atoms with Crippen molar-refractivity contribution in [2.45, 2.75) is 13.0 Å². The monoisotopic (exact) mass is 325 g/mol. The summed E-state index contributed by atoms with van der Waals surface area (Å²) in [4.78, 5) is 23.7. The van der Waals surface area contributed by atoms with E-state index < -0.39 is 11.4 Å². The smallest absolute Gasteiger partial charge is 0.341 e. The Bertz CT molecular complexity index is 897. The lowest BCUT2D eigenvalue weighted by Crippen LogP contribution is -2.20. The van der Waals surface area contributed by atoms with Gasteiger partial charge in [-0.1, -0.05) is 18.2 Å². The highest BCUT2D eigenvalue weighted by atomic mass is 16.5. The molecule has 1 unspecified atom stereocenters.